The summed E-state index contributed by atoms with van der Waals surface area (Å²) in [5, 5.41) is 13.7. The Morgan fingerprint density at radius 3 is 1.94 bits per heavy atom. The van der Waals surface area contributed by atoms with E-state index in [-0.39, 0.29) is 24.2 Å². The molecule has 0 heterocycles. The van der Waals surface area contributed by atoms with Gasteiger partial charge in [-0.1, -0.05) is 41.5 Å². The number of aliphatic hydroxyl groups is 1. The van der Waals surface area contributed by atoms with E-state index in [1.807, 2.05) is 0 Å². The van der Waals surface area contributed by atoms with E-state index in [0.717, 1.165) is 0 Å². The van der Waals surface area contributed by atoms with Gasteiger partial charge in [0.05, 0.1) is 11.1 Å². The van der Waals surface area contributed by atoms with Gasteiger partial charge in [-0.2, -0.15) is 0 Å². The number of ether oxygens (including phenoxy) is 2. The first-order valence-electron chi connectivity index (χ1n) is 10.1. The second-order valence-electron chi connectivity index (χ2n) is 6.69. The summed E-state index contributed by atoms with van der Waals surface area (Å²) in [4.78, 5) is 56.8. The lowest BCUT2D eigenvalue weighted by Gasteiger charge is -2.20. The fraction of sp³-hybridized carbons (Fsp3) is 0.273. The average Bonchev–Trinajstić information content (AvgIpc) is 2.86. The first-order chi connectivity index (χ1) is 16.4. The maximum absolute atomic E-state index is 12.5. The molecule has 12 heteroatoms. The molecular weight excluding hydrogens is 448 g/mol. The van der Waals surface area contributed by atoms with Crippen molar-refractivity contribution in [1.82, 2.24) is 5.48 Å². The van der Waals surface area contributed by atoms with E-state index in [1.54, 1.807) is 36.4 Å². The van der Waals surface area contributed by atoms with Crippen LogP contribution in [0.15, 0.2) is 65.8 Å². The Kier molecular flexibility index (Phi) is 10.9. The number of unbranched alkanes of at least 4 members (excludes halogenated alkanes) is 1. The lowest BCUT2D eigenvalue weighted by atomic mass is 10.2. The Morgan fingerprint density at radius 2 is 1.41 bits per heavy atom. The van der Waals surface area contributed by atoms with Crippen LogP contribution in [0.1, 0.15) is 33.6 Å². The summed E-state index contributed by atoms with van der Waals surface area (Å²) in [6.45, 7) is 0.383. The summed E-state index contributed by atoms with van der Waals surface area (Å²) in [7, 11) is 0. The van der Waals surface area contributed by atoms with Crippen LogP contribution in [0.3, 0.4) is 0 Å². The van der Waals surface area contributed by atoms with E-state index in [4.69, 9.17) is 15.1 Å². The van der Waals surface area contributed by atoms with Crippen molar-refractivity contribution in [3.05, 3.63) is 82.2 Å². The van der Waals surface area contributed by atoms with E-state index in [0.29, 0.717) is 12.8 Å². The molecule has 2 atom stereocenters. The average molecular weight is 470 g/mol. The zero-order valence-electron chi connectivity index (χ0n) is 17.9. The molecule has 0 saturated heterocycles. The Hall–Kier alpha value is -4.09. The Bertz CT molecular complexity index is 1030. The molecule has 0 spiro atoms. The number of hydrogen-bond acceptors (Lipinski definition) is 10. The molecule has 2 N–H and O–H groups in total. The van der Waals surface area contributed by atoms with Gasteiger partial charge in [0, 0.05) is 18.0 Å². The summed E-state index contributed by atoms with van der Waals surface area (Å²) in [6.07, 6.45) is -3.37. The van der Waals surface area contributed by atoms with Gasteiger partial charge < -0.3 is 14.6 Å². The second kappa shape index (κ2) is 14.1. The fourth-order valence-corrected chi connectivity index (χ4v) is 2.51. The summed E-state index contributed by atoms with van der Waals surface area (Å²) < 4.78 is 9.33. The monoisotopic (exact) mass is 470 g/mol. The van der Waals surface area contributed by atoms with Crippen molar-refractivity contribution in [2.75, 3.05) is 13.1 Å². The number of hydroxylamine groups is 1. The summed E-state index contributed by atoms with van der Waals surface area (Å²) in [6, 6.07) is 15.1. The first kappa shape index (κ1) is 26.2. The number of nitrogens with one attached hydrogen (secondary N) is 1. The zero-order valence-corrected chi connectivity index (χ0v) is 17.9. The van der Waals surface area contributed by atoms with E-state index < -0.39 is 36.1 Å². The van der Waals surface area contributed by atoms with Crippen LogP contribution in [0.5, 0.6) is 0 Å². The van der Waals surface area contributed by atoms with Gasteiger partial charge in [-0.3, -0.25) is 4.84 Å². The van der Waals surface area contributed by atoms with E-state index in [2.05, 4.69) is 20.2 Å². The lowest BCUT2D eigenvalue weighted by molar-refractivity contribution is -0.178. The number of nitrogens with zero attached hydrogens (tertiary/aromatic N) is 3. The highest BCUT2D eigenvalue weighted by Crippen LogP contribution is 2.10. The highest BCUT2D eigenvalue weighted by Gasteiger charge is 2.38. The molecule has 0 aliphatic rings. The number of esters is 4. The van der Waals surface area contributed by atoms with Crippen LogP contribution >= 0.6 is 0 Å². The van der Waals surface area contributed by atoms with Gasteiger partial charge in [-0.15, -0.1) is 0 Å². The van der Waals surface area contributed by atoms with Crippen molar-refractivity contribution in [3.63, 3.8) is 0 Å². The zero-order chi connectivity index (χ0) is 24.8. The molecule has 2 rings (SSSR count). The molecule has 34 heavy (non-hydrogen) atoms. The minimum absolute atomic E-state index is 0.0421. The largest absolute Gasteiger partial charge is 0.387 e. The quantitative estimate of drug-likeness (QED) is 0.0894. The normalized spacial score (nSPS) is 12.0. The van der Waals surface area contributed by atoms with E-state index in [1.165, 1.54) is 24.3 Å². The van der Waals surface area contributed by atoms with Crippen LogP contribution in [-0.2, 0) is 23.9 Å². The Labute approximate surface area is 194 Å². The SMILES string of the molecule is [N-]=[N+]=NCCCCNOC(C(=O)OC(=O)c1ccccc1)C(O)C(=O)OC(=O)c1ccccc1. The van der Waals surface area contributed by atoms with Crippen LogP contribution in [-0.4, -0.2) is 54.3 Å². The number of carbonyl (C=O) groups is 4. The molecule has 0 aromatic heterocycles. The number of aliphatic hydroxyl groups excluding tert-OH is 1. The number of hydrogen-bond donors (Lipinski definition) is 2. The van der Waals surface area contributed by atoms with E-state index in [9.17, 15) is 24.3 Å². The fourth-order valence-electron chi connectivity index (χ4n) is 2.51. The minimum Gasteiger partial charge on any atom is -0.387 e. The van der Waals surface area contributed by atoms with E-state index >= 15 is 0 Å². The third-order valence-corrected chi connectivity index (χ3v) is 4.23. The van der Waals surface area contributed by atoms with Gasteiger partial charge in [0.15, 0.2) is 6.10 Å². The van der Waals surface area contributed by atoms with Crippen LogP contribution in [0.4, 0.5) is 0 Å². The third kappa shape index (κ3) is 8.45. The highest BCUT2D eigenvalue weighted by atomic mass is 16.7. The molecule has 0 saturated carbocycles. The molecule has 0 bridgehead atoms. The van der Waals surface area contributed by atoms with Gasteiger partial charge in [0.2, 0.25) is 6.10 Å². The van der Waals surface area contributed by atoms with Gasteiger partial charge >= 0.3 is 23.9 Å². The first-order valence-corrected chi connectivity index (χ1v) is 10.1. The highest BCUT2D eigenvalue weighted by molar-refractivity contribution is 6.01. The standard InChI is InChI=1S/C22H22N4O8/c23-26-24-13-7-8-14-25-34-18(22(31)33-20(29)16-11-5-2-6-12-16)17(27)21(30)32-19(28)15-9-3-1-4-10-15/h1-6,9-12,17-18,25,27H,7-8,13-14H2. The maximum atomic E-state index is 12.5. The smallest absolute Gasteiger partial charge is 0.348 e. The lowest BCUT2D eigenvalue weighted by Crippen LogP contribution is -2.47. The van der Waals surface area contributed by atoms with Gasteiger partial charge in [0.1, 0.15) is 0 Å². The molecule has 0 amide bonds. The Morgan fingerprint density at radius 1 is 0.882 bits per heavy atom. The molecule has 178 valence electrons. The van der Waals surface area contributed by atoms with Crippen LogP contribution in [0.2, 0.25) is 0 Å². The molecule has 2 unspecified atom stereocenters. The molecule has 0 radical (unpaired) electrons. The number of rotatable bonds is 12. The molecule has 2 aromatic rings. The molecule has 2 aromatic carbocycles. The van der Waals surface area contributed by atoms with Crippen molar-refractivity contribution in [1.29, 1.82) is 0 Å². The number of azide groups is 1. The topological polar surface area (TPSA) is 177 Å². The second-order valence-corrected chi connectivity index (χ2v) is 6.69. The van der Waals surface area contributed by atoms with Gasteiger partial charge in [-0.05, 0) is 42.6 Å². The minimum atomic E-state index is -2.29. The van der Waals surface area contributed by atoms with Crippen molar-refractivity contribution in [2.24, 2.45) is 5.11 Å². The van der Waals surface area contributed by atoms with Crippen LogP contribution < -0.4 is 5.48 Å². The van der Waals surface area contributed by atoms with Crippen LogP contribution in [0, 0.1) is 0 Å². The van der Waals surface area contributed by atoms with Crippen molar-refractivity contribution in [3.8, 4) is 0 Å². The Balaban J connectivity index is 2.03. The summed E-state index contributed by atoms with van der Waals surface area (Å²) in [5.74, 6) is -4.95. The summed E-state index contributed by atoms with van der Waals surface area (Å²) in [5.41, 5.74) is 10.7. The molecule has 0 fully saturated rings. The number of benzene rings is 2. The van der Waals surface area contributed by atoms with Gasteiger partial charge in [0.25, 0.3) is 0 Å². The van der Waals surface area contributed by atoms with Gasteiger partial charge in [-0.25, -0.2) is 24.7 Å². The maximum Gasteiger partial charge on any atom is 0.348 e. The summed E-state index contributed by atoms with van der Waals surface area (Å²) >= 11 is 0. The van der Waals surface area contributed by atoms with Crippen molar-refractivity contribution in [2.45, 2.75) is 25.0 Å². The predicted molar refractivity (Wildman–Crippen MR) is 116 cm³/mol. The molecule has 0 aliphatic heterocycles. The molecule has 0 aliphatic carbocycles. The predicted octanol–water partition coefficient (Wildman–Crippen LogP) is 2.09. The number of carbonyl (C=O) groups excluding carboxylic acids is 4. The molecule has 12 nitrogen and oxygen atoms in total. The third-order valence-electron chi connectivity index (χ3n) is 4.23. The van der Waals surface area contributed by atoms with Crippen molar-refractivity contribution < 1.29 is 38.6 Å². The molecular formula is C22H22N4O8. The van der Waals surface area contributed by atoms with Crippen LogP contribution in [0.25, 0.3) is 10.4 Å². The van der Waals surface area contributed by atoms with Crippen molar-refractivity contribution >= 4 is 23.9 Å².